The molecule has 3 nitrogen and oxygen atoms in total. The molecule has 1 fully saturated rings. The minimum Gasteiger partial charge on any atom is -0.369 e. The summed E-state index contributed by atoms with van der Waals surface area (Å²) in [6.07, 6.45) is -4.77. The topological polar surface area (TPSA) is 48.1 Å². The number of hydrogen-bond donors (Lipinski definition) is 1. The van der Waals surface area contributed by atoms with E-state index in [1.165, 1.54) is 0 Å². The largest absolute Gasteiger partial charge is 0.434 e. The van der Waals surface area contributed by atoms with Crippen LogP contribution in [0.2, 0.25) is 0 Å². The lowest BCUT2D eigenvalue weighted by molar-refractivity contribution is -0.141. The van der Waals surface area contributed by atoms with Crippen molar-refractivity contribution < 1.29 is 17.9 Å². The van der Waals surface area contributed by atoms with Crippen molar-refractivity contribution >= 4 is 23.1 Å². The van der Waals surface area contributed by atoms with Crippen LogP contribution in [-0.2, 0) is 17.5 Å². The van der Waals surface area contributed by atoms with Crippen molar-refractivity contribution in [3.63, 3.8) is 0 Å². The number of halogens is 3. The summed E-state index contributed by atoms with van der Waals surface area (Å²) in [4.78, 5) is 3.73. The Morgan fingerprint density at radius 3 is 2.71 bits per heavy atom. The standard InChI is InChI=1S/C9H11F3N2OS2/c10-9(11,12)7-6(3-13)17-8(14-7)5-4-16-2-1-15-5/h5H,1-4,13H2. The third kappa shape index (κ3) is 2.93. The second-order valence-electron chi connectivity index (χ2n) is 3.46. The molecule has 0 bridgehead atoms. The average molecular weight is 284 g/mol. The van der Waals surface area contributed by atoms with Crippen molar-refractivity contribution in [2.24, 2.45) is 5.73 Å². The van der Waals surface area contributed by atoms with E-state index in [1.807, 2.05) is 0 Å². The summed E-state index contributed by atoms with van der Waals surface area (Å²) in [5.74, 6) is 1.52. The van der Waals surface area contributed by atoms with Crippen molar-refractivity contribution in [3.8, 4) is 0 Å². The fraction of sp³-hybridized carbons (Fsp3) is 0.667. The highest BCUT2D eigenvalue weighted by Gasteiger charge is 2.38. The number of aromatic nitrogens is 1. The lowest BCUT2D eigenvalue weighted by Gasteiger charge is -2.19. The predicted molar refractivity (Wildman–Crippen MR) is 61.0 cm³/mol. The van der Waals surface area contributed by atoms with Gasteiger partial charge in [0.25, 0.3) is 0 Å². The van der Waals surface area contributed by atoms with Crippen LogP contribution < -0.4 is 5.73 Å². The van der Waals surface area contributed by atoms with Gasteiger partial charge in [-0.05, 0) is 0 Å². The van der Waals surface area contributed by atoms with Crippen molar-refractivity contribution in [2.45, 2.75) is 18.8 Å². The first-order chi connectivity index (χ1) is 8.02. The van der Waals surface area contributed by atoms with Crippen LogP contribution in [-0.4, -0.2) is 23.1 Å². The molecule has 1 atom stereocenters. The molecule has 96 valence electrons. The van der Waals surface area contributed by atoms with E-state index < -0.39 is 11.9 Å². The van der Waals surface area contributed by atoms with Gasteiger partial charge in [-0.2, -0.15) is 24.9 Å². The van der Waals surface area contributed by atoms with Crippen LogP contribution in [0.25, 0.3) is 0 Å². The molecule has 2 heterocycles. The number of rotatable bonds is 2. The molecule has 0 saturated carbocycles. The maximum absolute atomic E-state index is 12.7. The maximum atomic E-state index is 12.7. The Bertz CT molecular complexity index is 388. The van der Waals surface area contributed by atoms with Gasteiger partial charge in [0.05, 0.1) is 11.5 Å². The van der Waals surface area contributed by atoms with Crippen molar-refractivity contribution in [3.05, 3.63) is 15.6 Å². The molecule has 1 aromatic heterocycles. The van der Waals surface area contributed by atoms with Gasteiger partial charge in [-0.3, -0.25) is 0 Å². The van der Waals surface area contributed by atoms with Gasteiger partial charge in [0.2, 0.25) is 0 Å². The predicted octanol–water partition coefficient (Wildman–Crippen LogP) is 2.43. The van der Waals surface area contributed by atoms with Gasteiger partial charge in [-0.15, -0.1) is 11.3 Å². The lowest BCUT2D eigenvalue weighted by atomic mass is 10.3. The van der Waals surface area contributed by atoms with Crippen LogP contribution in [0, 0.1) is 0 Å². The molecular formula is C9H11F3N2OS2. The minimum absolute atomic E-state index is 0.0756. The van der Waals surface area contributed by atoms with Crippen LogP contribution in [0.4, 0.5) is 13.2 Å². The number of thiazole rings is 1. The molecule has 0 aromatic carbocycles. The Labute approximate surface area is 105 Å². The molecule has 8 heteroatoms. The van der Waals surface area contributed by atoms with E-state index in [9.17, 15) is 13.2 Å². The average Bonchev–Trinajstić information content (AvgIpc) is 2.74. The molecule has 0 radical (unpaired) electrons. The summed E-state index contributed by atoms with van der Waals surface area (Å²) in [6, 6.07) is 0. The second kappa shape index (κ2) is 5.13. The van der Waals surface area contributed by atoms with Crippen LogP contribution in [0.3, 0.4) is 0 Å². The van der Waals surface area contributed by atoms with E-state index in [2.05, 4.69) is 4.98 Å². The van der Waals surface area contributed by atoms with Crippen LogP contribution in [0.15, 0.2) is 0 Å². The number of ether oxygens (including phenoxy) is 1. The third-order valence-corrected chi connectivity index (χ3v) is 4.42. The maximum Gasteiger partial charge on any atom is 0.434 e. The Kier molecular flexibility index (Phi) is 3.96. The molecule has 0 amide bonds. The van der Waals surface area contributed by atoms with Gasteiger partial charge >= 0.3 is 6.18 Å². The lowest BCUT2D eigenvalue weighted by Crippen LogP contribution is -2.16. The molecular weight excluding hydrogens is 273 g/mol. The highest BCUT2D eigenvalue weighted by Crippen LogP contribution is 2.37. The van der Waals surface area contributed by atoms with Gasteiger partial charge in [0.15, 0.2) is 5.69 Å². The number of nitrogens with two attached hydrogens (primary N) is 1. The molecule has 1 aliphatic rings. The van der Waals surface area contributed by atoms with E-state index in [-0.39, 0.29) is 17.5 Å². The zero-order chi connectivity index (χ0) is 12.5. The Morgan fingerprint density at radius 1 is 1.47 bits per heavy atom. The monoisotopic (exact) mass is 284 g/mol. The third-order valence-electron chi connectivity index (χ3n) is 2.26. The Hall–Kier alpha value is -0.310. The quantitative estimate of drug-likeness (QED) is 0.906. The van der Waals surface area contributed by atoms with Gasteiger partial charge in [-0.25, -0.2) is 4.98 Å². The van der Waals surface area contributed by atoms with Gasteiger partial charge in [-0.1, -0.05) is 0 Å². The van der Waals surface area contributed by atoms with Gasteiger partial charge in [0, 0.05) is 18.1 Å². The highest BCUT2D eigenvalue weighted by atomic mass is 32.2. The number of thioether (sulfide) groups is 1. The Morgan fingerprint density at radius 2 is 2.24 bits per heavy atom. The van der Waals surface area contributed by atoms with E-state index in [4.69, 9.17) is 10.5 Å². The first kappa shape index (κ1) is 13.1. The first-order valence-corrected chi connectivity index (χ1v) is 6.95. The summed E-state index contributed by atoms with van der Waals surface area (Å²) < 4.78 is 43.4. The normalized spacial score (nSPS) is 21.8. The van der Waals surface area contributed by atoms with E-state index >= 15 is 0 Å². The first-order valence-electron chi connectivity index (χ1n) is 4.98. The Balaban J connectivity index is 2.27. The van der Waals surface area contributed by atoms with Gasteiger partial charge in [0.1, 0.15) is 11.1 Å². The number of nitrogens with zero attached hydrogens (tertiary/aromatic N) is 1. The van der Waals surface area contributed by atoms with E-state index in [1.54, 1.807) is 11.8 Å². The summed E-state index contributed by atoms with van der Waals surface area (Å²) >= 11 is 2.66. The van der Waals surface area contributed by atoms with Crippen LogP contribution in [0.1, 0.15) is 21.7 Å². The van der Waals surface area contributed by atoms with Crippen LogP contribution >= 0.6 is 23.1 Å². The molecule has 1 aromatic rings. The molecule has 1 unspecified atom stereocenters. The molecule has 0 spiro atoms. The second-order valence-corrected chi connectivity index (χ2v) is 5.73. The van der Waals surface area contributed by atoms with Crippen molar-refractivity contribution in [1.29, 1.82) is 0 Å². The summed E-state index contributed by atoms with van der Waals surface area (Å²) in [6.45, 7) is 0.403. The van der Waals surface area contributed by atoms with Crippen molar-refractivity contribution in [2.75, 3.05) is 18.1 Å². The molecule has 0 aliphatic carbocycles. The van der Waals surface area contributed by atoms with E-state index in [0.29, 0.717) is 17.4 Å². The highest BCUT2D eigenvalue weighted by molar-refractivity contribution is 7.99. The number of hydrogen-bond acceptors (Lipinski definition) is 5. The molecule has 1 saturated heterocycles. The smallest absolute Gasteiger partial charge is 0.369 e. The molecule has 2 N–H and O–H groups in total. The fourth-order valence-electron chi connectivity index (χ4n) is 1.50. The van der Waals surface area contributed by atoms with Crippen molar-refractivity contribution in [1.82, 2.24) is 4.98 Å². The van der Waals surface area contributed by atoms with Crippen LogP contribution in [0.5, 0.6) is 0 Å². The summed E-state index contributed by atoms with van der Waals surface area (Å²) in [5, 5.41) is 0.380. The van der Waals surface area contributed by atoms with Gasteiger partial charge < -0.3 is 10.5 Å². The SMILES string of the molecule is NCc1sc(C2CSCCO2)nc1C(F)(F)F. The zero-order valence-corrected chi connectivity index (χ0v) is 10.4. The molecule has 17 heavy (non-hydrogen) atoms. The number of alkyl halides is 3. The molecule has 2 rings (SSSR count). The fourth-order valence-corrected chi connectivity index (χ4v) is 3.47. The van der Waals surface area contributed by atoms with E-state index in [0.717, 1.165) is 17.1 Å². The summed E-state index contributed by atoms with van der Waals surface area (Å²) in [5.41, 5.74) is 4.45. The minimum atomic E-state index is -4.44. The summed E-state index contributed by atoms with van der Waals surface area (Å²) in [7, 11) is 0. The zero-order valence-electron chi connectivity index (χ0n) is 8.79. The molecule has 1 aliphatic heterocycles.